The van der Waals surface area contributed by atoms with Gasteiger partial charge in [-0.15, -0.1) is 0 Å². The summed E-state index contributed by atoms with van der Waals surface area (Å²) in [4.78, 5) is 11.6. The summed E-state index contributed by atoms with van der Waals surface area (Å²) in [6.07, 6.45) is 9.96. The fraction of sp³-hybridized carbons (Fsp3) is 0.462. The number of fused-ring (bicyclic) bond motifs is 2. The third-order valence-corrected chi connectivity index (χ3v) is 9.77. The molecule has 5 nitrogen and oxygen atoms in total. The number of unbranched alkanes of at least 4 members (excludes halogenated alkanes) is 1. The zero-order valence-corrected chi connectivity index (χ0v) is 23.8. The Balaban J connectivity index is 0.00000324. The maximum atomic E-state index is 13.2. The summed E-state index contributed by atoms with van der Waals surface area (Å²) < 4.78 is 40.7. The number of benzene rings is 2. The molecule has 2 saturated carbocycles. The van der Waals surface area contributed by atoms with Crippen LogP contribution < -0.4 is 39.2 Å². The second kappa shape index (κ2) is 12.0. The van der Waals surface area contributed by atoms with E-state index in [1.807, 2.05) is 42.5 Å². The van der Waals surface area contributed by atoms with Crippen molar-refractivity contribution in [3.05, 3.63) is 66.7 Å². The Morgan fingerprint density at radius 2 is 1.65 bits per heavy atom. The monoisotopic (exact) mass is 509 g/mol. The molecule has 0 aliphatic heterocycles. The van der Waals surface area contributed by atoms with Crippen LogP contribution in [0.2, 0.25) is 0 Å². The quantitative estimate of drug-likeness (QED) is 0.230. The van der Waals surface area contributed by atoms with Crippen LogP contribution in [0.15, 0.2) is 71.6 Å². The summed E-state index contributed by atoms with van der Waals surface area (Å²) >= 11 is 0. The first-order valence-corrected chi connectivity index (χ1v) is 15.6. The first-order chi connectivity index (χ1) is 15.7. The van der Waals surface area contributed by atoms with E-state index in [0.29, 0.717) is 29.1 Å². The summed E-state index contributed by atoms with van der Waals surface area (Å²) in [6.45, 7) is 1.29. The SMILES string of the molecule is CP(=O)([O-])CCC/C=C\CC1C2CC[C@@H](C2)C1NS(=O)(=O)c1ccc(-c2ccccc2)cc1.[Na+]. The minimum atomic E-state index is -3.59. The van der Waals surface area contributed by atoms with Crippen molar-refractivity contribution in [1.29, 1.82) is 0 Å². The number of rotatable bonds is 10. The van der Waals surface area contributed by atoms with Crippen molar-refractivity contribution in [2.75, 3.05) is 12.8 Å². The van der Waals surface area contributed by atoms with Crippen LogP contribution in [0.25, 0.3) is 11.1 Å². The van der Waals surface area contributed by atoms with Crippen molar-refractivity contribution in [3.8, 4) is 11.1 Å². The summed E-state index contributed by atoms with van der Waals surface area (Å²) in [5.74, 6) is 1.26. The number of hydrogen-bond acceptors (Lipinski definition) is 4. The largest absolute Gasteiger partial charge is 1.00 e. The molecule has 0 heterocycles. The molecule has 0 radical (unpaired) electrons. The zero-order chi connectivity index (χ0) is 23.5. The maximum Gasteiger partial charge on any atom is 1.00 e. The van der Waals surface area contributed by atoms with Crippen LogP contribution in [0, 0.1) is 17.8 Å². The molecule has 2 aliphatic rings. The Hall–Kier alpha value is -0.720. The van der Waals surface area contributed by atoms with Gasteiger partial charge in [-0.1, -0.05) is 54.6 Å². The third kappa shape index (κ3) is 7.16. The van der Waals surface area contributed by atoms with Gasteiger partial charge < -0.3 is 9.46 Å². The normalized spacial score (nSPS) is 25.8. The van der Waals surface area contributed by atoms with Gasteiger partial charge in [0.1, 0.15) is 0 Å². The molecule has 0 saturated heterocycles. The van der Waals surface area contributed by atoms with Gasteiger partial charge in [-0.2, -0.15) is 0 Å². The van der Waals surface area contributed by atoms with Crippen LogP contribution in [0.3, 0.4) is 0 Å². The van der Waals surface area contributed by atoms with Gasteiger partial charge in [-0.25, -0.2) is 13.1 Å². The van der Waals surface area contributed by atoms with Gasteiger partial charge in [0.2, 0.25) is 10.0 Å². The second-order valence-electron chi connectivity index (χ2n) is 9.62. The smallest absolute Gasteiger partial charge is 0.799 e. The predicted octanol–water partition coefficient (Wildman–Crippen LogP) is 2.05. The van der Waals surface area contributed by atoms with Gasteiger partial charge in [0.15, 0.2) is 0 Å². The van der Waals surface area contributed by atoms with E-state index >= 15 is 0 Å². The number of nitrogens with one attached hydrogen (secondary N) is 1. The van der Waals surface area contributed by atoms with Crippen LogP contribution in [-0.2, 0) is 14.6 Å². The van der Waals surface area contributed by atoms with Gasteiger partial charge >= 0.3 is 29.6 Å². The van der Waals surface area contributed by atoms with Crippen molar-refractivity contribution in [1.82, 2.24) is 4.72 Å². The van der Waals surface area contributed by atoms with E-state index in [4.69, 9.17) is 0 Å². The van der Waals surface area contributed by atoms with Crippen molar-refractivity contribution < 1.29 is 47.4 Å². The topological polar surface area (TPSA) is 86.3 Å². The minimum absolute atomic E-state index is 0. The molecule has 8 heteroatoms. The molecule has 0 spiro atoms. The van der Waals surface area contributed by atoms with Crippen LogP contribution in [-0.4, -0.2) is 27.3 Å². The minimum Gasteiger partial charge on any atom is -0.799 e. The van der Waals surface area contributed by atoms with Crippen LogP contribution >= 0.6 is 7.37 Å². The Labute approximate surface area is 226 Å². The van der Waals surface area contributed by atoms with Crippen molar-refractivity contribution >= 4 is 17.4 Å². The molecule has 2 aliphatic carbocycles. The molecular formula is C26H33NNaO4PS. The van der Waals surface area contributed by atoms with Crippen molar-refractivity contribution in [2.24, 2.45) is 17.8 Å². The van der Waals surface area contributed by atoms with E-state index in [2.05, 4.69) is 16.9 Å². The van der Waals surface area contributed by atoms with Crippen molar-refractivity contribution in [3.63, 3.8) is 0 Å². The van der Waals surface area contributed by atoms with Gasteiger partial charge in [0.25, 0.3) is 0 Å². The summed E-state index contributed by atoms with van der Waals surface area (Å²) in [5.41, 5.74) is 2.06. The molecule has 5 atom stereocenters. The average molecular weight is 510 g/mol. The van der Waals surface area contributed by atoms with Gasteiger partial charge in [0, 0.05) is 13.4 Å². The number of allylic oxidation sites excluding steroid dienone is 2. The first kappa shape index (κ1) is 27.9. The maximum absolute atomic E-state index is 13.2. The van der Waals surface area contributed by atoms with E-state index in [1.54, 1.807) is 12.1 Å². The van der Waals surface area contributed by atoms with Crippen LogP contribution in [0.1, 0.15) is 38.5 Å². The Morgan fingerprint density at radius 1 is 1.00 bits per heavy atom. The molecule has 0 aromatic heterocycles. The van der Waals surface area contributed by atoms with E-state index in [1.165, 1.54) is 13.1 Å². The zero-order valence-electron chi connectivity index (χ0n) is 20.1. The number of hydrogen-bond donors (Lipinski definition) is 1. The molecule has 2 aromatic carbocycles. The van der Waals surface area contributed by atoms with E-state index in [0.717, 1.165) is 36.8 Å². The van der Waals surface area contributed by atoms with E-state index in [9.17, 15) is 17.9 Å². The molecule has 1 N–H and O–H groups in total. The average Bonchev–Trinajstić information content (AvgIpc) is 3.38. The van der Waals surface area contributed by atoms with Gasteiger partial charge in [0.05, 0.1) is 4.90 Å². The molecule has 4 unspecified atom stereocenters. The standard InChI is InChI=1S/C26H34NO4PS.Na/c1-32(28,29)18-8-3-2-7-11-25-22-12-13-23(19-22)26(25)27-33(30,31)24-16-14-21(15-17-24)20-9-5-4-6-10-20;/h2,4-7,9-10,14-17,22-23,25-27H,3,8,11-13,18-19H2,1H3,(H,28,29);/q;+1/p-1/b7-2-;/t22?,23-,25?,26?;/m0./s1. The Bertz CT molecular complexity index is 1120. The third-order valence-electron chi connectivity index (χ3n) is 7.16. The van der Waals surface area contributed by atoms with E-state index < -0.39 is 17.4 Å². The Kier molecular flexibility index (Phi) is 9.84. The molecule has 4 rings (SSSR count). The summed E-state index contributed by atoms with van der Waals surface area (Å²) in [7, 11) is -6.78. The molecule has 178 valence electrons. The van der Waals surface area contributed by atoms with Gasteiger partial charge in [-0.05, 0) is 92.4 Å². The van der Waals surface area contributed by atoms with Crippen molar-refractivity contribution in [2.45, 2.75) is 49.5 Å². The molecule has 0 amide bonds. The van der Waals surface area contributed by atoms with Crippen LogP contribution in [0.4, 0.5) is 0 Å². The molecule has 2 bridgehead atoms. The first-order valence-electron chi connectivity index (χ1n) is 11.8. The summed E-state index contributed by atoms with van der Waals surface area (Å²) in [6, 6.07) is 17.0. The predicted molar refractivity (Wildman–Crippen MR) is 132 cm³/mol. The molecule has 2 aromatic rings. The number of sulfonamides is 1. The fourth-order valence-electron chi connectivity index (χ4n) is 5.51. The van der Waals surface area contributed by atoms with Crippen LogP contribution in [0.5, 0.6) is 0 Å². The van der Waals surface area contributed by atoms with Gasteiger partial charge in [-0.3, -0.25) is 0 Å². The summed E-state index contributed by atoms with van der Waals surface area (Å²) in [5, 5.41) is 0. The Morgan fingerprint density at radius 3 is 2.32 bits per heavy atom. The molecule has 2 fully saturated rings. The van der Waals surface area contributed by atoms with E-state index in [-0.39, 0.29) is 41.8 Å². The fourth-order valence-corrected chi connectivity index (χ4v) is 7.62. The second-order valence-corrected chi connectivity index (χ2v) is 13.8. The molecule has 34 heavy (non-hydrogen) atoms. The molecular weight excluding hydrogens is 476 g/mol.